The molecular weight excluding hydrogens is 452 g/mol. The number of amides is 2. The Bertz CT molecular complexity index is 1100. The van der Waals surface area contributed by atoms with E-state index < -0.39 is 15.6 Å². The number of thiophene rings is 1. The molecule has 174 valence electrons. The number of rotatable bonds is 8. The van der Waals surface area contributed by atoms with E-state index in [0.717, 1.165) is 4.57 Å². The summed E-state index contributed by atoms with van der Waals surface area (Å²) in [5.41, 5.74) is 0.196. The summed E-state index contributed by atoms with van der Waals surface area (Å²) >= 11 is 1.46. The summed E-state index contributed by atoms with van der Waals surface area (Å²) < 4.78 is 27.9. The van der Waals surface area contributed by atoms with E-state index in [0.29, 0.717) is 44.6 Å². The number of carbonyl (C=O) groups is 2. The van der Waals surface area contributed by atoms with Gasteiger partial charge in [0.05, 0.1) is 4.90 Å². The van der Waals surface area contributed by atoms with Gasteiger partial charge >= 0.3 is 0 Å². The molecule has 3 heterocycles. The van der Waals surface area contributed by atoms with Crippen molar-refractivity contribution in [2.45, 2.75) is 44.2 Å². The highest BCUT2D eigenvalue weighted by Crippen LogP contribution is 2.15. The van der Waals surface area contributed by atoms with Crippen molar-refractivity contribution < 1.29 is 18.0 Å². The standard InChI is InChI=1S/C21H28N4O5S2/c1-3-25(4-2)32(29,30)18-5-6-19(26)24(13-18)14-20(27)23-10-7-17(8-11-23)22-21(28)16-9-12-31-15-16/h5-6,9,12-13,15,17H,3-4,7-8,10-11,14H2,1-2H3,(H,22,28). The van der Waals surface area contributed by atoms with Crippen molar-refractivity contribution in [3.05, 3.63) is 51.1 Å². The van der Waals surface area contributed by atoms with Crippen LogP contribution in [0.1, 0.15) is 37.0 Å². The molecule has 0 atom stereocenters. The van der Waals surface area contributed by atoms with Crippen LogP contribution in [0, 0.1) is 0 Å². The molecule has 1 saturated heterocycles. The fourth-order valence-electron chi connectivity index (χ4n) is 3.68. The Balaban J connectivity index is 1.62. The molecule has 1 aliphatic rings. The molecule has 9 nitrogen and oxygen atoms in total. The van der Waals surface area contributed by atoms with Crippen molar-refractivity contribution in [2.75, 3.05) is 26.2 Å². The third-order valence-corrected chi connectivity index (χ3v) is 8.29. The molecule has 0 saturated carbocycles. The Hall–Kier alpha value is -2.50. The third-order valence-electron chi connectivity index (χ3n) is 5.57. The minimum atomic E-state index is -3.73. The van der Waals surface area contributed by atoms with Crippen molar-refractivity contribution in [3.8, 4) is 0 Å². The topological polar surface area (TPSA) is 109 Å². The first-order chi connectivity index (χ1) is 15.3. The zero-order valence-corrected chi connectivity index (χ0v) is 19.8. The van der Waals surface area contributed by atoms with Crippen LogP contribution in [-0.4, -0.2) is 66.2 Å². The first-order valence-electron chi connectivity index (χ1n) is 10.6. The lowest BCUT2D eigenvalue weighted by atomic mass is 10.0. The number of hydrogen-bond acceptors (Lipinski definition) is 6. The van der Waals surface area contributed by atoms with Gasteiger partial charge in [0.15, 0.2) is 0 Å². The number of nitrogens with one attached hydrogen (secondary N) is 1. The number of sulfonamides is 1. The van der Waals surface area contributed by atoms with Crippen LogP contribution in [0.25, 0.3) is 0 Å². The second kappa shape index (κ2) is 10.4. The largest absolute Gasteiger partial charge is 0.349 e. The fourth-order valence-corrected chi connectivity index (χ4v) is 5.79. The molecular formula is C21H28N4O5S2. The van der Waals surface area contributed by atoms with Gasteiger partial charge in [0, 0.05) is 55.4 Å². The van der Waals surface area contributed by atoms with Crippen LogP contribution >= 0.6 is 11.3 Å². The third kappa shape index (κ3) is 5.45. The minimum absolute atomic E-state index is 0.0107. The summed E-state index contributed by atoms with van der Waals surface area (Å²) in [5.74, 6) is -0.374. The van der Waals surface area contributed by atoms with Gasteiger partial charge in [-0.1, -0.05) is 13.8 Å². The minimum Gasteiger partial charge on any atom is -0.349 e. The number of hydrogen-bond donors (Lipinski definition) is 1. The number of nitrogens with zero attached hydrogens (tertiary/aromatic N) is 3. The average molecular weight is 481 g/mol. The highest BCUT2D eigenvalue weighted by molar-refractivity contribution is 7.89. The smallest absolute Gasteiger partial charge is 0.252 e. The second-order valence-electron chi connectivity index (χ2n) is 7.56. The van der Waals surface area contributed by atoms with Crippen molar-refractivity contribution in [1.82, 2.24) is 19.1 Å². The highest BCUT2D eigenvalue weighted by Gasteiger charge is 2.26. The van der Waals surface area contributed by atoms with Gasteiger partial charge in [0.25, 0.3) is 11.5 Å². The van der Waals surface area contributed by atoms with E-state index >= 15 is 0 Å². The summed E-state index contributed by atoms with van der Waals surface area (Å²) in [4.78, 5) is 38.8. The number of carbonyl (C=O) groups excluding carboxylic acids is 2. The predicted octanol–water partition coefficient (Wildman–Crippen LogP) is 1.36. The maximum Gasteiger partial charge on any atom is 0.252 e. The van der Waals surface area contributed by atoms with Gasteiger partial charge in [-0.05, 0) is 30.4 Å². The number of pyridine rings is 1. The molecule has 32 heavy (non-hydrogen) atoms. The molecule has 2 aromatic rings. The van der Waals surface area contributed by atoms with Crippen molar-refractivity contribution in [3.63, 3.8) is 0 Å². The van der Waals surface area contributed by atoms with Gasteiger partial charge in [0.2, 0.25) is 15.9 Å². The molecule has 1 N–H and O–H groups in total. The number of aromatic nitrogens is 1. The summed E-state index contributed by atoms with van der Waals surface area (Å²) in [6.45, 7) is 4.80. The molecule has 1 fully saturated rings. The summed E-state index contributed by atoms with van der Waals surface area (Å²) in [6, 6.07) is 4.20. The van der Waals surface area contributed by atoms with Crippen LogP contribution in [0.4, 0.5) is 0 Å². The molecule has 3 rings (SSSR count). The molecule has 2 aromatic heterocycles. The molecule has 0 radical (unpaired) electrons. The van der Waals surface area contributed by atoms with E-state index in [4.69, 9.17) is 0 Å². The van der Waals surface area contributed by atoms with Gasteiger partial charge < -0.3 is 14.8 Å². The molecule has 1 aliphatic heterocycles. The van der Waals surface area contributed by atoms with E-state index in [2.05, 4.69) is 5.32 Å². The summed E-state index contributed by atoms with van der Waals surface area (Å²) in [5, 5.41) is 6.63. The van der Waals surface area contributed by atoms with Crippen LogP contribution in [0.15, 0.2) is 44.8 Å². The van der Waals surface area contributed by atoms with Gasteiger partial charge in [0.1, 0.15) is 6.54 Å². The fraction of sp³-hybridized carbons (Fsp3) is 0.476. The maximum absolute atomic E-state index is 12.8. The summed E-state index contributed by atoms with van der Waals surface area (Å²) in [7, 11) is -3.73. The molecule has 0 aliphatic carbocycles. The van der Waals surface area contributed by atoms with Gasteiger partial charge in [-0.15, -0.1) is 0 Å². The maximum atomic E-state index is 12.8. The first kappa shape index (κ1) is 24.1. The van der Waals surface area contributed by atoms with Crippen LogP contribution in [0.2, 0.25) is 0 Å². The van der Waals surface area contributed by atoms with E-state index in [9.17, 15) is 22.8 Å². The monoisotopic (exact) mass is 480 g/mol. The van der Waals surface area contributed by atoms with Crippen molar-refractivity contribution in [1.29, 1.82) is 0 Å². The molecule has 0 unspecified atom stereocenters. The lowest BCUT2D eigenvalue weighted by molar-refractivity contribution is -0.133. The normalized spacial score (nSPS) is 15.2. The van der Waals surface area contributed by atoms with E-state index in [-0.39, 0.29) is 29.3 Å². The molecule has 2 amide bonds. The Morgan fingerprint density at radius 2 is 1.84 bits per heavy atom. The first-order valence-corrected chi connectivity index (χ1v) is 13.0. The Labute approximate surface area is 191 Å². The van der Waals surface area contributed by atoms with Gasteiger partial charge in [-0.25, -0.2) is 8.42 Å². The van der Waals surface area contributed by atoms with Crippen LogP contribution < -0.4 is 10.9 Å². The Morgan fingerprint density at radius 1 is 1.16 bits per heavy atom. The Morgan fingerprint density at radius 3 is 2.44 bits per heavy atom. The van der Waals surface area contributed by atoms with Crippen molar-refractivity contribution >= 4 is 33.2 Å². The van der Waals surface area contributed by atoms with Crippen LogP contribution in [-0.2, 0) is 21.4 Å². The van der Waals surface area contributed by atoms with Crippen LogP contribution in [0.3, 0.4) is 0 Å². The zero-order chi connectivity index (χ0) is 23.3. The lowest BCUT2D eigenvalue weighted by Gasteiger charge is -2.32. The molecule has 0 aromatic carbocycles. The predicted molar refractivity (Wildman–Crippen MR) is 122 cm³/mol. The second-order valence-corrected chi connectivity index (χ2v) is 10.3. The van der Waals surface area contributed by atoms with Gasteiger partial charge in [-0.3, -0.25) is 14.4 Å². The SMILES string of the molecule is CCN(CC)S(=O)(=O)c1ccc(=O)n(CC(=O)N2CCC(NC(=O)c3ccsc3)CC2)c1. The average Bonchev–Trinajstić information content (AvgIpc) is 3.31. The quantitative estimate of drug-likeness (QED) is 0.614. The van der Waals surface area contributed by atoms with Gasteiger partial charge in [-0.2, -0.15) is 15.6 Å². The van der Waals surface area contributed by atoms with E-state index in [1.165, 1.54) is 34.0 Å². The molecule has 0 bridgehead atoms. The van der Waals surface area contributed by atoms with E-state index in [1.807, 2.05) is 5.38 Å². The number of piperidine rings is 1. The number of likely N-dealkylation sites (tertiary alicyclic amines) is 1. The summed E-state index contributed by atoms with van der Waals surface area (Å²) in [6.07, 6.45) is 2.47. The lowest BCUT2D eigenvalue weighted by Crippen LogP contribution is -2.47. The highest BCUT2D eigenvalue weighted by atomic mass is 32.2. The van der Waals surface area contributed by atoms with Crippen LogP contribution in [0.5, 0.6) is 0 Å². The Kier molecular flexibility index (Phi) is 7.86. The zero-order valence-electron chi connectivity index (χ0n) is 18.2. The molecule has 11 heteroatoms. The van der Waals surface area contributed by atoms with Crippen molar-refractivity contribution in [2.24, 2.45) is 0 Å². The molecule has 0 spiro atoms. The van der Waals surface area contributed by atoms with E-state index in [1.54, 1.807) is 30.2 Å².